The Kier molecular flexibility index (Phi) is 6.63. The standard InChI is InChI=1S/C20H32/c1-3-4-5-7-10-17(2)18-13-15-20(16-14-18)19-11-8-6-9-12-19/h13-17,19H,3-12H2,1-2H3. The van der Waals surface area contributed by atoms with E-state index in [0.29, 0.717) is 0 Å². The van der Waals surface area contributed by atoms with Gasteiger partial charge in [-0.05, 0) is 42.2 Å². The van der Waals surface area contributed by atoms with Crippen LogP contribution in [0.3, 0.4) is 0 Å². The van der Waals surface area contributed by atoms with E-state index in [1.54, 1.807) is 11.1 Å². The average Bonchev–Trinajstić information content (AvgIpc) is 2.52. The number of hydrogen-bond donors (Lipinski definition) is 0. The lowest BCUT2D eigenvalue weighted by molar-refractivity contribution is 0.443. The summed E-state index contributed by atoms with van der Waals surface area (Å²) in [7, 11) is 0. The summed E-state index contributed by atoms with van der Waals surface area (Å²) in [4.78, 5) is 0. The minimum atomic E-state index is 0.729. The molecule has 1 aliphatic rings. The minimum Gasteiger partial charge on any atom is -0.0654 e. The van der Waals surface area contributed by atoms with Crippen molar-refractivity contribution in [3.63, 3.8) is 0 Å². The fourth-order valence-corrected chi connectivity index (χ4v) is 3.58. The predicted molar refractivity (Wildman–Crippen MR) is 89.4 cm³/mol. The second kappa shape index (κ2) is 8.49. The highest BCUT2D eigenvalue weighted by atomic mass is 14.2. The molecule has 20 heavy (non-hydrogen) atoms. The fourth-order valence-electron chi connectivity index (χ4n) is 3.58. The lowest BCUT2D eigenvalue weighted by Crippen LogP contribution is -2.04. The van der Waals surface area contributed by atoms with Crippen LogP contribution in [0.1, 0.15) is 101 Å². The van der Waals surface area contributed by atoms with Crippen LogP contribution in [-0.4, -0.2) is 0 Å². The van der Waals surface area contributed by atoms with E-state index in [-0.39, 0.29) is 0 Å². The van der Waals surface area contributed by atoms with Crippen molar-refractivity contribution < 1.29 is 0 Å². The minimum absolute atomic E-state index is 0.729. The molecule has 0 radical (unpaired) electrons. The number of rotatable bonds is 7. The van der Waals surface area contributed by atoms with Crippen molar-refractivity contribution >= 4 is 0 Å². The molecule has 0 N–H and O–H groups in total. The van der Waals surface area contributed by atoms with Gasteiger partial charge in [-0.1, -0.05) is 83.1 Å². The maximum absolute atomic E-state index is 2.41. The van der Waals surface area contributed by atoms with Gasteiger partial charge in [0.2, 0.25) is 0 Å². The van der Waals surface area contributed by atoms with Gasteiger partial charge in [0.05, 0.1) is 0 Å². The Morgan fingerprint density at radius 3 is 2.30 bits per heavy atom. The van der Waals surface area contributed by atoms with E-state index in [4.69, 9.17) is 0 Å². The van der Waals surface area contributed by atoms with E-state index >= 15 is 0 Å². The molecule has 0 heterocycles. The third-order valence-corrected chi connectivity index (χ3v) is 5.07. The van der Waals surface area contributed by atoms with Gasteiger partial charge in [-0.3, -0.25) is 0 Å². The molecule has 112 valence electrons. The summed E-state index contributed by atoms with van der Waals surface area (Å²) >= 11 is 0. The molecule has 0 heteroatoms. The van der Waals surface area contributed by atoms with Crippen molar-refractivity contribution in [3.8, 4) is 0 Å². The molecule has 1 saturated carbocycles. The fraction of sp³-hybridized carbons (Fsp3) is 0.700. The number of hydrogen-bond acceptors (Lipinski definition) is 0. The van der Waals surface area contributed by atoms with Gasteiger partial charge < -0.3 is 0 Å². The molecular weight excluding hydrogens is 240 g/mol. The normalized spacial score (nSPS) is 18.1. The Morgan fingerprint density at radius 2 is 1.65 bits per heavy atom. The van der Waals surface area contributed by atoms with E-state index in [0.717, 1.165) is 11.8 Å². The molecule has 0 aromatic heterocycles. The van der Waals surface area contributed by atoms with Gasteiger partial charge in [0.1, 0.15) is 0 Å². The quantitative estimate of drug-likeness (QED) is 0.478. The second-order valence-electron chi connectivity index (χ2n) is 6.75. The van der Waals surface area contributed by atoms with E-state index in [1.807, 2.05) is 0 Å². The monoisotopic (exact) mass is 272 g/mol. The SMILES string of the molecule is CCCCCCC(C)c1ccc(C2CCCCC2)cc1. The summed E-state index contributed by atoms with van der Waals surface area (Å²) in [5.74, 6) is 1.57. The first kappa shape index (κ1) is 15.6. The first-order chi connectivity index (χ1) is 9.81. The van der Waals surface area contributed by atoms with Gasteiger partial charge in [-0.15, -0.1) is 0 Å². The summed E-state index contributed by atoms with van der Waals surface area (Å²) in [5, 5.41) is 0. The van der Waals surface area contributed by atoms with Crippen LogP contribution < -0.4 is 0 Å². The van der Waals surface area contributed by atoms with E-state index in [9.17, 15) is 0 Å². The number of benzene rings is 1. The van der Waals surface area contributed by atoms with Crippen LogP contribution in [0, 0.1) is 0 Å². The van der Waals surface area contributed by atoms with Crippen molar-refractivity contribution in [2.45, 2.75) is 89.9 Å². The molecule has 1 aromatic carbocycles. The Morgan fingerprint density at radius 1 is 0.950 bits per heavy atom. The summed E-state index contributed by atoms with van der Waals surface area (Å²) in [6.07, 6.45) is 14.0. The third-order valence-electron chi connectivity index (χ3n) is 5.07. The predicted octanol–water partition coefficient (Wildman–Crippen LogP) is 6.81. The molecule has 1 aromatic rings. The van der Waals surface area contributed by atoms with Crippen molar-refractivity contribution in [3.05, 3.63) is 35.4 Å². The number of unbranched alkanes of at least 4 members (excludes halogenated alkanes) is 3. The third kappa shape index (κ3) is 4.65. The molecule has 0 bridgehead atoms. The molecule has 0 saturated heterocycles. The second-order valence-corrected chi connectivity index (χ2v) is 6.75. The highest BCUT2D eigenvalue weighted by molar-refractivity contribution is 5.27. The lowest BCUT2D eigenvalue weighted by atomic mass is 9.83. The highest BCUT2D eigenvalue weighted by Gasteiger charge is 2.15. The van der Waals surface area contributed by atoms with Gasteiger partial charge in [0.25, 0.3) is 0 Å². The Labute approximate surface area is 126 Å². The summed E-state index contributed by atoms with van der Waals surface area (Å²) in [6.45, 7) is 4.68. The zero-order chi connectivity index (χ0) is 14.2. The molecule has 1 atom stereocenters. The maximum Gasteiger partial charge on any atom is -0.0162 e. The largest absolute Gasteiger partial charge is 0.0654 e. The zero-order valence-electron chi connectivity index (χ0n) is 13.5. The van der Waals surface area contributed by atoms with Crippen LogP contribution in [0.5, 0.6) is 0 Å². The maximum atomic E-state index is 2.41. The Hall–Kier alpha value is -0.780. The molecule has 0 spiro atoms. The molecule has 0 amide bonds. The van der Waals surface area contributed by atoms with E-state index < -0.39 is 0 Å². The Balaban J connectivity index is 1.83. The molecule has 2 rings (SSSR count). The van der Waals surface area contributed by atoms with Crippen LogP contribution in [0.25, 0.3) is 0 Å². The smallest absolute Gasteiger partial charge is 0.0162 e. The highest BCUT2D eigenvalue weighted by Crippen LogP contribution is 2.33. The first-order valence-electron chi connectivity index (χ1n) is 8.91. The van der Waals surface area contributed by atoms with Crippen LogP contribution >= 0.6 is 0 Å². The summed E-state index contributed by atoms with van der Waals surface area (Å²) in [6, 6.07) is 9.62. The van der Waals surface area contributed by atoms with E-state index in [1.165, 1.54) is 64.2 Å². The summed E-state index contributed by atoms with van der Waals surface area (Å²) < 4.78 is 0. The van der Waals surface area contributed by atoms with Crippen LogP contribution in [0.4, 0.5) is 0 Å². The Bertz CT molecular complexity index is 356. The van der Waals surface area contributed by atoms with Crippen molar-refractivity contribution in [1.29, 1.82) is 0 Å². The zero-order valence-corrected chi connectivity index (χ0v) is 13.5. The van der Waals surface area contributed by atoms with Crippen LogP contribution in [0.15, 0.2) is 24.3 Å². The molecule has 1 unspecified atom stereocenters. The topological polar surface area (TPSA) is 0 Å². The molecule has 0 nitrogen and oxygen atoms in total. The molecular formula is C20H32. The van der Waals surface area contributed by atoms with Gasteiger partial charge in [-0.25, -0.2) is 0 Å². The average molecular weight is 272 g/mol. The van der Waals surface area contributed by atoms with Gasteiger partial charge in [-0.2, -0.15) is 0 Å². The van der Waals surface area contributed by atoms with Gasteiger partial charge in [0, 0.05) is 0 Å². The molecule has 1 aliphatic carbocycles. The van der Waals surface area contributed by atoms with Crippen molar-refractivity contribution in [2.75, 3.05) is 0 Å². The van der Waals surface area contributed by atoms with E-state index in [2.05, 4.69) is 38.1 Å². The van der Waals surface area contributed by atoms with Gasteiger partial charge in [0.15, 0.2) is 0 Å². The van der Waals surface area contributed by atoms with Crippen LogP contribution in [0.2, 0.25) is 0 Å². The molecule has 0 aliphatic heterocycles. The molecule has 1 fully saturated rings. The first-order valence-corrected chi connectivity index (χ1v) is 8.91. The summed E-state index contributed by atoms with van der Waals surface area (Å²) in [5.41, 5.74) is 3.13. The van der Waals surface area contributed by atoms with Crippen LogP contribution in [-0.2, 0) is 0 Å². The lowest BCUT2D eigenvalue weighted by Gasteiger charge is -2.22. The van der Waals surface area contributed by atoms with Crippen molar-refractivity contribution in [2.24, 2.45) is 0 Å². The van der Waals surface area contributed by atoms with Gasteiger partial charge >= 0.3 is 0 Å². The van der Waals surface area contributed by atoms with Crippen molar-refractivity contribution in [1.82, 2.24) is 0 Å².